The third kappa shape index (κ3) is 5.86. The fourth-order valence-electron chi connectivity index (χ4n) is 4.11. The first-order valence-electron chi connectivity index (χ1n) is 9.80. The summed E-state index contributed by atoms with van der Waals surface area (Å²) in [5.74, 6) is -2.19. The van der Waals surface area contributed by atoms with Gasteiger partial charge in [-0.3, -0.25) is 4.79 Å². The molecule has 0 radical (unpaired) electrons. The first-order chi connectivity index (χ1) is 12.2. The quantitative estimate of drug-likeness (QED) is 0.742. The largest absolute Gasteiger partial charge is 0.384 e. The first kappa shape index (κ1) is 21.5. The number of carbonyl (C=O) groups excluding carboxylic acids is 1. The Morgan fingerprint density at radius 1 is 1.27 bits per heavy atom. The number of likely N-dealkylation sites (tertiary alicyclic amines) is 1. The van der Waals surface area contributed by atoms with Gasteiger partial charge in [0.2, 0.25) is 11.8 Å². The van der Waals surface area contributed by atoms with Gasteiger partial charge in [-0.15, -0.1) is 0 Å². The number of rotatable bonds is 7. The van der Waals surface area contributed by atoms with Crippen molar-refractivity contribution in [1.29, 1.82) is 0 Å². The molecule has 0 bridgehead atoms. The predicted molar refractivity (Wildman–Crippen MR) is 96.1 cm³/mol. The second kappa shape index (κ2) is 9.42. The van der Waals surface area contributed by atoms with E-state index in [-0.39, 0.29) is 30.8 Å². The van der Waals surface area contributed by atoms with E-state index >= 15 is 0 Å². The molecule has 2 aliphatic rings. The van der Waals surface area contributed by atoms with Crippen LogP contribution >= 0.6 is 0 Å². The van der Waals surface area contributed by atoms with Crippen LogP contribution in [0.1, 0.15) is 52.4 Å². The van der Waals surface area contributed by atoms with Crippen molar-refractivity contribution in [3.05, 3.63) is 0 Å². The lowest BCUT2D eigenvalue weighted by atomic mass is 9.83. The van der Waals surface area contributed by atoms with E-state index < -0.39 is 18.1 Å². The SMILES string of the molecule is COC[C@H]1CCCN(C(=O)[C@@H](N)[C@@H](C)OC(C)C2CCC(F)(F)CC2)C1. The van der Waals surface area contributed by atoms with Crippen molar-refractivity contribution in [3.8, 4) is 0 Å². The zero-order chi connectivity index (χ0) is 19.3. The lowest BCUT2D eigenvalue weighted by molar-refractivity contribution is -0.141. The van der Waals surface area contributed by atoms with Crippen LogP contribution in [0, 0.1) is 11.8 Å². The standard InChI is InChI=1S/C19H34F2N2O3/c1-13(16-6-8-19(20,21)9-7-16)26-14(2)17(22)18(24)23-10-4-5-15(11-23)12-25-3/h13-17H,4-12,22H2,1-3H3/t13?,14-,15+,17+/m1/s1. The molecule has 0 aromatic heterocycles. The highest BCUT2D eigenvalue weighted by Gasteiger charge is 2.38. The molecule has 152 valence electrons. The summed E-state index contributed by atoms with van der Waals surface area (Å²) in [4.78, 5) is 14.5. The van der Waals surface area contributed by atoms with Crippen molar-refractivity contribution in [2.75, 3.05) is 26.8 Å². The fourth-order valence-corrected chi connectivity index (χ4v) is 4.11. The van der Waals surface area contributed by atoms with Gasteiger partial charge in [0.25, 0.3) is 0 Å². The summed E-state index contributed by atoms with van der Waals surface area (Å²) in [5, 5.41) is 0. The third-order valence-corrected chi connectivity index (χ3v) is 5.88. The number of nitrogens with two attached hydrogens (primary N) is 1. The zero-order valence-electron chi connectivity index (χ0n) is 16.3. The Bertz CT molecular complexity index is 452. The van der Waals surface area contributed by atoms with Crippen molar-refractivity contribution < 1.29 is 23.0 Å². The van der Waals surface area contributed by atoms with Crippen LogP contribution in [-0.4, -0.2) is 61.8 Å². The highest BCUT2D eigenvalue weighted by atomic mass is 19.3. The monoisotopic (exact) mass is 376 g/mol. The predicted octanol–water partition coefficient (Wildman–Crippen LogP) is 2.82. The van der Waals surface area contributed by atoms with Crippen molar-refractivity contribution in [3.63, 3.8) is 0 Å². The van der Waals surface area contributed by atoms with Crippen molar-refractivity contribution in [1.82, 2.24) is 4.90 Å². The van der Waals surface area contributed by atoms with Crippen molar-refractivity contribution >= 4 is 5.91 Å². The van der Waals surface area contributed by atoms with Gasteiger partial charge in [0.1, 0.15) is 6.04 Å². The smallest absolute Gasteiger partial charge is 0.248 e. The summed E-state index contributed by atoms with van der Waals surface area (Å²) >= 11 is 0. The fraction of sp³-hybridized carbons (Fsp3) is 0.947. The number of nitrogens with zero attached hydrogens (tertiary/aromatic N) is 1. The number of hydrogen-bond donors (Lipinski definition) is 1. The molecule has 0 aromatic rings. The molecule has 0 aromatic carbocycles. The first-order valence-corrected chi connectivity index (χ1v) is 9.80. The molecule has 2 rings (SSSR count). The molecule has 1 unspecified atom stereocenters. The van der Waals surface area contributed by atoms with E-state index in [1.807, 2.05) is 11.8 Å². The lowest BCUT2D eigenvalue weighted by Gasteiger charge is -2.37. The Labute approximate surface area is 155 Å². The molecule has 1 amide bonds. The van der Waals surface area contributed by atoms with Gasteiger partial charge in [-0.2, -0.15) is 0 Å². The molecular formula is C19H34F2N2O3. The van der Waals surface area contributed by atoms with Gasteiger partial charge in [-0.25, -0.2) is 8.78 Å². The lowest BCUT2D eigenvalue weighted by Crippen LogP contribution is -2.53. The maximum Gasteiger partial charge on any atom is 0.248 e. The van der Waals surface area contributed by atoms with Gasteiger partial charge in [0.05, 0.1) is 18.8 Å². The molecule has 2 fully saturated rings. The van der Waals surface area contributed by atoms with Crippen LogP contribution in [0.3, 0.4) is 0 Å². The Morgan fingerprint density at radius 2 is 1.92 bits per heavy atom. The highest BCUT2D eigenvalue weighted by Crippen LogP contribution is 2.38. The van der Waals surface area contributed by atoms with Gasteiger partial charge in [-0.05, 0) is 51.4 Å². The van der Waals surface area contributed by atoms with Crippen LogP contribution in [0.2, 0.25) is 0 Å². The van der Waals surface area contributed by atoms with Gasteiger partial charge in [0, 0.05) is 33.0 Å². The van der Waals surface area contributed by atoms with Crippen LogP contribution in [0.5, 0.6) is 0 Å². The second-order valence-electron chi connectivity index (χ2n) is 8.01. The molecule has 4 atom stereocenters. The molecule has 1 saturated heterocycles. The van der Waals surface area contributed by atoms with E-state index in [2.05, 4.69) is 0 Å². The second-order valence-corrected chi connectivity index (χ2v) is 8.01. The van der Waals surface area contributed by atoms with Crippen molar-refractivity contribution in [2.24, 2.45) is 17.6 Å². The number of carbonyl (C=O) groups is 1. The normalized spacial score (nSPS) is 27.8. The minimum atomic E-state index is -2.54. The van der Waals surface area contributed by atoms with E-state index in [9.17, 15) is 13.6 Å². The van der Waals surface area contributed by atoms with Gasteiger partial charge < -0.3 is 20.1 Å². The molecule has 1 aliphatic carbocycles. The summed E-state index contributed by atoms with van der Waals surface area (Å²) in [6.45, 7) is 5.73. The molecule has 7 heteroatoms. The van der Waals surface area contributed by atoms with E-state index in [1.165, 1.54) is 0 Å². The molecule has 2 N–H and O–H groups in total. The van der Waals surface area contributed by atoms with E-state index in [4.69, 9.17) is 15.2 Å². The number of amides is 1. The Kier molecular flexibility index (Phi) is 7.79. The number of alkyl halides is 2. The minimum Gasteiger partial charge on any atom is -0.384 e. The van der Waals surface area contributed by atoms with Crippen molar-refractivity contribution in [2.45, 2.75) is 76.5 Å². The molecule has 1 saturated carbocycles. The third-order valence-electron chi connectivity index (χ3n) is 5.88. The van der Waals surface area contributed by atoms with E-state index in [0.29, 0.717) is 38.5 Å². The Balaban J connectivity index is 1.82. The van der Waals surface area contributed by atoms with Gasteiger partial charge >= 0.3 is 0 Å². The number of piperidine rings is 1. The van der Waals surface area contributed by atoms with Crippen LogP contribution in [0.25, 0.3) is 0 Å². The number of ether oxygens (including phenoxy) is 2. The average molecular weight is 376 g/mol. The van der Waals surface area contributed by atoms with E-state index in [0.717, 1.165) is 12.8 Å². The molecular weight excluding hydrogens is 342 g/mol. The average Bonchev–Trinajstić information content (AvgIpc) is 2.60. The summed E-state index contributed by atoms with van der Waals surface area (Å²) in [6.07, 6.45) is 2.13. The molecule has 26 heavy (non-hydrogen) atoms. The van der Waals surface area contributed by atoms with Gasteiger partial charge in [0.15, 0.2) is 0 Å². The summed E-state index contributed by atoms with van der Waals surface area (Å²) in [5.41, 5.74) is 6.16. The molecule has 5 nitrogen and oxygen atoms in total. The summed E-state index contributed by atoms with van der Waals surface area (Å²) < 4.78 is 37.8. The minimum absolute atomic E-state index is 0.0839. The van der Waals surface area contributed by atoms with Crippen LogP contribution in [0.15, 0.2) is 0 Å². The molecule has 0 spiro atoms. The van der Waals surface area contributed by atoms with Crippen LogP contribution in [-0.2, 0) is 14.3 Å². The van der Waals surface area contributed by atoms with E-state index in [1.54, 1.807) is 14.0 Å². The number of hydrogen-bond acceptors (Lipinski definition) is 4. The summed E-state index contributed by atoms with van der Waals surface area (Å²) in [7, 11) is 1.67. The number of methoxy groups -OCH3 is 1. The van der Waals surface area contributed by atoms with Gasteiger partial charge in [-0.1, -0.05) is 0 Å². The maximum absolute atomic E-state index is 13.3. The Morgan fingerprint density at radius 3 is 2.54 bits per heavy atom. The molecule has 1 aliphatic heterocycles. The van der Waals surface area contributed by atoms with Crippen LogP contribution < -0.4 is 5.73 Å². The number of halogens is 2. The zero-order valence-corrected chi connectivity index (χ0v) is 16.3. The Hall–Kier alpha value is -0.790. The maximum atomic E-state index is 13.3. The molecule has 1 heterocycles. The summed E-state index contributed by atoms with van der Waals surface area (Å²) in [6, 6.07) is -0.733. The highest BCUT2D eigenvalue weighted by molar-refractivity contribution is 5.82. The van der Waals surface area contributed by atoms with Crippen LogP contribution in [0.4, 0.5) is 8.78 Å². The topological polar surface area (TPSA) is 64.8 Å².